The third kappa shape index (κ3) is 8.26. The Labute approximate surface area is 237 Å². The number of piperidine rings is 1. The molecule has 0 atom stereocenters. The molecule has 0 bridgehead atoms. The van der Waals surface area contributed by atoms with Gasteiger partial charge in [-0.2, -0.15) is 0 Å². The summed E-state index contributed by atoms with van der Waals surface area (Å²) in [7, 11) is 0. The maximum absolute atomic E-state index is 9.55. The first-order chi connectivity index (χ1) is 18.8. The summed E-state index contributed by atoms with van der Waals surface area (Å²) >= 11 is 0. The summed E-state index contributed by atoms with van der Waals surface area (Å²) in [6.45, 7) is 17.1. The number of ether oxygens (including phenoxy) is 1. The first-order valence-electron chi connectivity index (χ1n) is 13.9. The van der Waals surface area contributed by atoms with Crippen molar-refractivity contribution in [2.45, 2.75) is 78.0 Å². The first kappa shape index (κ1) is 31.0. The van der Waals surface area contributed by atoms with Crippen LogP contribution in [0.3, 0.4) is 0 Å². The lowest BCUT2D eigenvalue weighted by molar-refractivity contribution is -0.134. The number of hydrogen-bond acceptors (Lipinski definition) is 5. The Bertz CT molecular complexity index is 1290. The van der Waals surface area contributed by atoms with Crippen LogP contribution in [0, 0.1) is 0 Å². The second-order valence-corrected chi connectivity index (χ2v) is 11.7. The third-order valence-corrected chi connectivity index (χ3v) is 7.17. The van der Waals surface area contributed by atoms with Crippen molar-refractivity contribution in [1.82, 2.24) is 14.5 Å². The molecule has 4 rings (SSSR count). The van der Waals surface area contributed by atoms with Gasteiger partial charge in [-0.05, 0) is 75.4 Å². The highest BCUT2D eigenvalue weighted by Crippen LogP contribution is 2.35. The van der Waals surface area contributed by atoms with Crippen molar-refractivity contribution in [2.24, 2.45) is 0 Å². The Balaban J connectivity index is 0.000000482. The van der Waals surface area contributed by atoms with Crippen LogP contribution in [0.4, 0.5) is 0 Å². The molecule has 216 valence electrons. The molecule has 2 aromatic carbocycles. The van der Waals surface area contributed by atoms with Crippen molar-refractivity contribution in [3.63, 3.8) is 0 Å². The Kier molecular flexibility index (Phi) is 10.3. The van der Waals surface area contributed by atoms with Gasteiger partial charge in [0.05, 0.1) is 11.0 Å². The van der Waals surface area contributed by atoms with Crippen LogP contribution in [0.25, 0.3) is 11.0 Å². The number of carboxylic acid groups (broad SMARTS) is 2. The molecule has 2 N–H and O–H groups in total. The highest BCUT2D eigenvalue weighted by molar-refractivity contribution is 5.89. The van der Waals surface area contributed by atoms with E-state index < -0.39 is 17.7 Å². The zero-order chi connectivity index (χ0) is 29.5. The van der Waals surface area contributed by atoms with E-state index in [-0.39, 0.29) is 5.41 Å². The van der Waals surface area contributed by atoms with E-state index in [1.165, 1.54) is 22.5 Å². The quantitative estimate of drug-likeness (QED) is 0.325. The monoisotopic (exact) mass is 549 g/mol. The van der Waals surface area contributed by atoms with E-state index >= 15 is 0 Å². The maximum Gasteiger partial charge on any atom is 0.328 e. The van der Waals surface area contributed by atoms with Crippen molar-refractivity contribution >= 4 is 23.0 Å². The number of fused-ring (bicyclic) bond motifs is 1. The lowest BCUT2D eigenvalue weighted by Crippen LogP contribution is -2.36. The van der Waals surface area contributed by atoms with Gasteiger partial charge in [0, 0.05) is 31.2 Å². The van der Waals surface area contributed by atoms with Gasteiger partial charge in [0.1, 0.15) is 11.5 Å². The molecule has 0 aliphatic carbocycles. The average molecular weight is 550 g/mol. The molecule has 40 heavy (non-hydrogen) atoms. The van der Waals surface area contributed by atoms with Crippen molar-refractivity contribution in [3.8, 4) is 0 Å². The SMILES string of the molecule is CCOC(C)(C)n1c(C2CCN(Cc3ccc(C(C)(C)C)cc3)CC2)nc2ccccc21.O=C(O)C=CC(=O)O. The summed E-state index contributed by atoms with van der Waals surface area (Å²) < 4.78 is 8.50. The number of likely N-dealkylation sites (tertiary alicyclic amines) is 1. The number of hydrogen-bond donors (Lipinski definition) is 2. The lowest BCUT2D eigenvalue weighted by Gasteiger charge is -2.35. The van der Waals surface area contributed by atoms with E-state index in [1.807, 2.05) is 0 Å². The first-order valence-corrected chi connectivity index (χ1v) is 13.9. The Morgan fingerprint density at radius 1 is 0.950 bits per heavy atom. The molecule has 1 aliphatic heterocycles. The van der Waals surface area contributed by atoms with Gasteiger partial charge in [0.25, 0.3) is 0 Å². The smallest absolute Gasteiger partial charge is 0.328 e. The van der Waals surface area contributed by atoms with E-state index in [9.17, 15) is 9.59 Å². The number of aliphatic carboxylic acids is 2. The average Bonchev–Trinajstić information content (AvgIpc) is 3.29. The van der Waals surface area contributed by atoms with Crippen LogP contribution in [-0.4, -0.2) is 56.3 Å². The molecule has 0 radical (unpaired) electrons. The molecule has 8 nitrogen and oxygen atoms in total. The molecule has 0 spiro atoms. The van der Waals surface area contributed by atoms with Gasteiger partial charge >= 0.3 is 11.9 Å². The third-order valence-electron chi connectivity index (χ3n) is 7.17. The summed E-state index contributed by atoms with van der Waals surface area (Å²) in [5, 5.41) is 15.6. The number of nitrogens with zero attached hydrogens (tertiary/aromatic N) is 3. The van der Waals surface area contributed by atoms with E-state index in [4.69, 9.17) is 19.9 Å². The zero-order valence-corrected chi connectivity index (χ0v) is 24.6. The summed E-state index contributed by atoms with van der Waals surface area (Å²) in [5.74, 6) is -0.875. The van der Waals surface area contributed by atoms with Crippen molar-refractivity contribution in [1.29, 1.82) is 0 Å². The molecule has 2 heterocycles. The maximum atomic E-state index is 9.55. The Morgan fingerprint density at radius 3 is 2.05 bits per heavy atom. The van der Waals surface area contributed by atoms with Gasteiger partial charge in [-0.25, -0.2) is 14.6 Å². The number of carbonyl (C=O) groups is 2. The molecule has 0 saturated carbocycles. The van der Waals surface area contributed by atoms with Gasteiger partial charge in [-0.1, -0.05) is 57.2 Å². The van der Waals surface area contributed by atoms with Gasteiger partial charge in [-0.15, -0.1) is 0 Å². The number of rotatable bonds is 8. The second-order valence-electron chi connectivity index (χ2n) is 11.7. The van der Waals surface area contributed by atoms with Crippen LogP contribution < -0.4 is 0 Å². The number of para-hydroxylation sites is 2. The minimum Gasteiger partial charge on any atom is -0.478 e. The van der Waals surface area contributed by atoms with Gasteiger partial charge in [-0.3, -0.25) is 9.47 Å². The molecule has 0 amide bonds. The van der Waals surface area contributed by atoms with E-state index in [0.717, 1.165) is 38.0 Å². The van der Waals surface area contributed by atoms with Gasteiger partial charge in [0.15, 0.2) is 0 Å². The largest absolute Gasteiger partial charge is 0.478 e. The van der Waals surface area contributed by atoms with Gasteiger partial charge < -0.3 is 14.9 Å². The molecule has 1 aromatic heterocycles. The Morgan fingerprint density at radius 2 is 1.52 bits per heavy atom. The molecule has 1 fully saturated rings. The number of benzene rings is 2. The highest BCUT2D eigenvalue weighted by Gasteiger charge is 2.32. The van der Waals surface area contributed by atoms with E-state index in [1.54, 1.807) is 0 Å². The minimum absolute atomic E-state index is 0.206. The van der Waals surface area contributed by atoms with Crippen molar-refractivity contribution in [3.05, 3.63) is 77.6 Å². The van der Waals surface area contributed by atoms with Gasteiger partial charge in [0.2, 0.25) is 0 Å². The molecule has 1 saturated heterocycles. The standard InChI is InChI=1S/C28H39N3O.C4H4O4/c1-7-32-28(5,6)31-25-11-9-8-10-24(25)29-26(31)22-16-18-30(19-17-22)20-21-12-14-23(15-13-21)27(2,3)4;5-3(6)1-2-4(7)8/h8-15,22H,7,16-20H2,1-6H3;1-2H,(H,5,6)(H,7,8). The van der Waals surface area contributed by atoms with Crippen molar-refractivity contribution in [2.75, 3.05) is 19.7 Å². The van der Waals surface area contributed by atoms with Crippen LogP contribution in [0.5, 0.6) is 0 Å². The molecule has 8 heteroatoms. The number of aromatic nitrogens is 2. The van der Waals surface area contributed by atoms with E-state index in [0.29, 0.717) is 24.7 Å². The fourth-order valence-electron chi connectivity index (χ4n) is 5.16. The lowest BCUT2D eigenvalue weighted by atomic mass is 9.86. The van der Waals surface area contributed by atoms with Crippen LogP contribution in [-0.2, 0) is 32.0 Å². The molecule has 1 aliphatic rings. The minimum atomic E-state index is -1.26. The summed E-state index contributed by atoms with van der Waals surface area (Å²) in [6.07, 6.45) is 3.38. The molecule has 0 unspecified atom stereocenters. The predicted molar refractivity (Wildman–Crippen MR) is 157 cm³/mol. The van der Waals surface area contributed by atoms with Crippen LogP contribution in [0.15, 0.2) is 60.7 Å². The van der Waals surface area contributed by atoms with Crippen LogP contribution in [0.1, 0.15) is 77.3 Å². The van der Waals surface area contributed by atoms with Crippen LogP contribution >= 0.6 is 0 Å². The zero-order valence-electron chi connectivity index (χ0n) is 24.6. The Hall–Kier alpha value is -3.49. The molecule has 3 aromatic rings. The van der Waals surface area contributed by atoms with Crippen LogP contribution in [0.2, 0.25) is 0 Å². The normalized spacial score (nSPS) is 15.2. The summed E-state index contributed by atoms with van der Waals surface area (Å²) in [5.41, 5.74) is 4.83. The number of imidazole rings is 1. The highest BCUT2D eigenvalue weighted by atomic mass is 16.5. The molecular formula is C32H43N3O5. The second kappa shape index (κ2) is 13.2. The van der Waals surface area contributed by atoms with Crippen molar-refractivity contribution < 1.29 is 24.5 Å². The van der Waals surface area contributed by atoms with E-state index in [2.05, 4.69) is 99.5 Å². The summed E-state index contributed by atoms with van der Waals surface area (Å²) in [4.78, 5) is 26.8. The summed E-state index contributed by atoms with van der Waals surface area (Å²) in [6, 6.07) is 17.6. The topological polar surface area (TPSA) is 105 Å². The fourth-order valence-corrected chi connectivity index (χ4v) is 5.16. The fraction of sp³-hybridized carbons (Fsp3) is 0.469. The number of carboxylic acids is 2. The predicted octanol–water partition coefficient (Wildman–Crippen LogP) is 6.15. The molecular weight excluding hydrogens is 506 g/mol.